The fourth-order valence-corrected chi connectivity index (χ4v) is 3.48. The van der Waals surface area contributed by atoms with E-state index in [0.29, 0.717) is 34.7 Å². The highest BCUT2D eigenvalue weighted by Gasteiger charge is 2.11. The smallest absolute Gasteiger partial charge is 0.162 e. The first-order chi connectivity index (χ1) is 13.5. The van der Waals surface area contributed by atoms with Crippen LogP contribution in [0.15, 0.2) is 59.1 Å². The second kappa shape index (κ2) is 9.55. The van der Waals surface area contributed by atoms with Crippen LogP contribution in [0.25, 0.3) is 0 Å². The molecule has 0 radical (unpaired) electrons. The molecule has 3 aromatic rings. The Labute approximate surface area is 183 Å². The maximum Gasteiger partial charge on any atom is 0.162 e. The summed E-state index contributed by atoms with van der Waals surface area (Å²) >= 11 is 15.7. The normalized spacial score (nSPS) is 10.6. The van der Waals surface area contributed by atoms with Gasteiger partial charge in [-0.05, 0) is 53.9 Å². The Hall–Kier alpha value is -1.88. The highest BCUT2D eigenvalue weighted by atomic mass is 79.9. The van der Waals surface area contributed by atoms with Crippen LogP contribution in [0.1, 0.15) is 16.7 Å². The molecule has 0 saturated carbocycles. The first-order valence-electron chi connectivity index (χ1n) is 8.70. The lowest BCUT2D eigenvalue weighted by molar-refractivity contribution is 0.283. The maximum absolute atomic E-state index is 6.07. The molecule has 0 aliphatic carbocycles. The lowest BCUT2D eigenvalue weighted by atomic mass is 10.1. The number of benzene rings is 3. The summed E-state index contributed by atoms with van der Waals surface area (Å²) in [7, 11) is 1.64. The third-order valence-corrected chi connectivity index (χ3v) is 5.86. The molecule has 0 aliphatic rings. The van der Waals surface area contributed by atoms with Gasteiger partial charge in [0.05, 0.1) is 17.2 Å². The van der Waals surface area contributed by atoms with Crippen LogP contribution in [0.5, 0.6) is 11.5 Å². The van der Waals surface area contributed by atoms with Crippen molar-refractivity contribution < 1.29 is 9.47 Å². The minimum absolute atomic E-state index is 0.482. The zero-order chi connectivity index (χ0) is 20.1. The maximum atomic E-state index is 6.07. The molecule has 3 rings (SSSR count). The molecule has 0 aromatic heterocycles. The number of methoxy groups -OCH3 is 1. The van der Waals surface area contributed by atoms with Gasteiger partial charge in [-0.25, -0.2) is 0 Å². The summed E-state index contributed by atoms with van der Waals surface area (Å²) in [5.74, 6) is 1.37. The topological polar surface area (TPSA) is 30.5 Å². The highest BCUT2D eigenvalue weighted by Crippen LogP contribution is 2.35. The minimum atomic E-state index is 0.482. The van der Waals surface area contributed by atoms with Crippen LogP contribution in [0.4, 0.5) is 5.69 Å². The quantitative estimate of drug-likeness (QED) is 0.385. The zero-order valence-electron chi connectivity index (χ0n) is 15.6. The predicted octanol–water partition coefficient (Wildman–Crippen LogP) is 7.26. The molecule has 0 bridgehead atoms. The number of nitrogens with one attached hydrogen (secondary N) is 1. The molecule has 6 heteroatoms. The van der Waals surface area contributed by atoms with Crippen molar-refractivity contribution >= 4 is 44.8 Å². The molecule has 0 spiro atoms. The van der Waals surface area contributed by atoms with Crippen LogP contribution >= 0.6 is 39.1 Å². The standard InChI is InChI=1S/C22H20BrCl2NO2/c1-14-5-3-4-6-15(14)13-28-22-11-18(23)16(9-21(22)27-2)12-26-17-7-8-19(24)20(25)10-17/h3-11,26H,12-13H2,1-2H3. The van der Waals surface area contributed by atoms with Gasteiger partial charge in [-0.15, -0.1) is 0 Å². The lowest BCUT2D eigenvalue weighted by Crippen LogP contribution is -2.03. The van der Waals surface area contributed by atoms with Crippen molar-refractivity contribution in [2.75, 3.05) is 12.4 Å². The molecule has 3 aromatic carbocycles. The minimum Gasteiger partial charge on any atom is -0.493 e. The largest absolute Gasteiger partial charge is 0.493 e. The van der Waals surface area contributed by atoms with Gasteiger partial charge in [-0.3, -0.25) is 0 Å². The molecule has 146 valence electrons. The Morgan fingerprint density at radius 3 is 2.43 bits per heavy atom. The Bertz CT molecular complexity index is 979. The van der Waals surface area contributed by atoms with Crippen LogP contribution in [0.2, 0.25) is 10.0 Å². The fourth-order valence-electron chi connectivity index (χ4n) is 2.72. The third-order valence-electron chi connectivity index (χ3n) is 4.38. The summed E-state index contributed by atoms with van der Waals surface area (Å²) < 4.78 is 12.5. The first-order valence-corrected chi connectivity index (χ1v) is 10.3. The van der Waals surface area contributed by atoms with Gasteiger partial charge < -0.3 is 14.8 Å². The van der Waals surface area contributed by atoms with Crippen LogP contribution in [0.3, 0.4) is 0 Å². The van der Waals surface area contributed by atoms with E-state index in [0.717, 1.165) is 21.3 Å². The molecule has 0 heterocycles. The van der Waals surface area contributed by atoms with Crippen LogP contribution in [-0.4, -0.2) is 7.11 Å². The molecule has 28 heavy (non-hydrogen) atoms. The summed E-state index contributed by atoms with van der Waals surface area (Å²) in [4.78, 5) is 0. The van der Waals surface area contributed by atoms with Gasteiger partial charge in [0.2, 0.25) is 0 Å². The number of aryl methyl sites for hydroxylation is 1. The van der Waals surface area contributed by atoms with Crippen molar-refractivity contribution in [2.24, 2.45) is 0 Å². The van der Waals surface area contributed by atoms with E-state index in [4.69, 9.17) is 32.7 Å². The lowest BCUT2D eigenvalue weighted by Gasteiger charge is -2.15. The third kappa shape index (κ3) is 5.13. The van der Waals surface area contributed by atoms with Crippen molar-refractivity contribution in [2.45, 2.75) is 20.1 Å². The fraction of sp³-hybridized carbons (Fsp3) is 0.182. The van der Waals surface area contributed by atoms with E-state index in [1.807, 2.05) is 30.3 Å². The average molecular weight is 481 g/mol. The summed E-state index contributed by atoms with van der Waals surface area (Å²) in [6.45, 7) is 3.15. The molecule has 0 fully saturated rings. The van der Waals surface area contributed by atoms with E-state index in [-0.39, 0.29) is 0 Å². The zero-order valence-corrected chi connectivity index (χ0v) is 18.7. The van der Waals surface area contributed by atoms with Crippen molar-refractivity contribution in [1.29, 1.82) is 0 Å². The molecule has 0 unspecified atom stereocenters. The van der Waals surface area contributed by atoms with Crippen molar-refractivity contribution in [3.8, 4) is 11.5 Å². The van der Waals surface area contributed by atoms with E-state index in [9.17, 15) is 0 Å². The second-order valence-corrected chi connectivity index (χ2v) is 7.96. The Balaban J connectivity index is 1.73. The first kappa shape index (κ1) is 20.8. The Morgan fingerprint density at radius 1 is 0.929 bits per heavy atom. The number of rotatable bonds is 7. The van der Waals surface area contributed by atoms with Crippen LogP contribution < -0.4 is 14.8 Å². The monoisotopic (exact) mass is 479 g/mol. The molecule has 0 aliphatic heterocycles. The number of hydrogen-bond acceptors (Lipinski definition) is 3. The average Bonchev–Trinajstić information content (AvgIpc) is 2.69. The Morgan fingerprint density at radius 2 is 1.71 bits per heavy atom. The van der Waals surface area contributed by atoms with Gasteiger partial charge in [-0.1, -0.05) is 63.4 Å². The van der Waals surface area contributed by atoms with Gasteiger partial charge in [0.1, 0.15) is 6.61 Å². The molecule has 0 saturated heterocycles. The molecule has 0 amide bonds. The summed E-state index contributed by atoms with van der Waals surface area (Å²) in [6, 6.07) is 17.5. The Kier molecular flexibility index (Phi) is 7.11. The summed E-state index contributed by atoms with van der Waals surface area (Å²) in [6.07, 6.45) is 0. The van der Waals surface area contributed by atoms with E-state index in [1.54, 1.807) is 19.2 Å². The SMILES string of the molecule is COc1cc(CNc2ccc(Cl)c(Cl)c2)c(Br)cc1OCc1ccccc1C. The highest BCUT2D eigenvalue weighted by molar-refractivity contribution is 9.10. The molecule has 1 N–H and O–H groups in total. The van der Waals surface area contributed by atoms with Crippen LogP contribution in [-0.2, 0) is 13.2 Å². The van der Waals surface area contributed by atoms with Crippen molar-refractivity contribution in [3.63, 3.8) is 0 Å². The summed E-state index contributed by atoms with van der Waals surface area (Å²) in [5.41, 5.74) is 4.26. The van der Waals surface area contributed by atoms with E-state index >= 15 is 0 Å². The molecular weight excluding hydrogens is 461 g/mol. The molecule has 3 nitrogen and oxygen atoms in total. The predicted molar refractivity (Wildman–Crippen MR) is 120 cm³/mol. The van der Waals surface area contributed by atoms with Gasteiger partial charge >= 0.3 is 0 Å². The second-order valence-electron chi connectivity index (χ2n) is 6.29. The number of hydrogen-bond donors (Lipinski definition) is 1. The van der Waals surface area contributed by atoms with Gasteiger partial charge in [0, 0.05) is 16.7 Å². The van der Waals surface area contributed by atoms with Gasteiger partial charge in [0.25, 0.3) is 0 Å². The van der Waals surface area contributed by atoms with E-state index in [1.165, 1.54) is 5.56 Å². The van der Waals surface area contributed by atoms with Gasteiger partial charge in [0.15, 0.2) is 11.5 Å². The number of anilines is 1. The van der Waals surface area contributed by atoms with Crippen LogP contribution in [0, 0.1) is 6.92 Å². The molecule has 0 atom stereocenters. The van der Waals surface area contributed by atoms with E-state index < -0.39 is 0 Å². The van der Waals surface area contributed by atoms with Crippen molar-refractivity contribution in [3.05, 3.63) is 85.8 Å². The van der Waals surface area contributed by atoms with Crippen molar-refractivity contribution in [1.82, 2.24) is 0 Å². The number of halogens is 3. The number of ether oxygens (including phenoxy) is 2. The summed E-state index contributed by atoms with van der Waals surface area (Å²) in [5, 5.41) is 4.39. The molecular formula is C22H20BrCl2NO2. The van der Waals surface area contributed by atoms with E-state index in [2.05, 4.69) is 40.3 Å². The van der Waals surface area contributed by atoms with Gasteiger partial charge in [-0.2, -0.15) is 0 Å².